The van der Waals surface area contributed by atoms with E-state index in [4.69, 9.17) is 16.3 Å². The van der Waals surface area contributed by atoms with Crippen molar-refractivity contribution in [3.8, 4) is 0 Å². The van der Waals surface area contributed by atoms with Gasteiger partial charge in [-0.25, -0.2) is 0 Å². The monoisotopic (exact) mass is 374 g/mol. The van der Waals surface area contributed by atoms with Crippen LogP contribution in [0.5, 0.6) is 0 Å². The Hall–Kier alpha value is -2.37. The minimum absolute atomic E-state index is 0.0436. The molecule has 0 saturated heterocycles. The molecule has 0 aromatic heterocycles. The number of nitrogens with one attached hydrogen (secondary N) is 2. The highest BCUT2D eigenvalue weighted by Gasteiger charge is 2.07. The molecule has 6 heteroatoms. The van der Waals surface area contributed by atoms with Crippen molar-refractivity contribution in [3.63, 3.8) is 0 Å². The molecule has 0 aliphatic rings. The van der Waals surface area contributed by atoms with Gasteiger partial charge in [0.2, 0.25) is 5.91 Å². The van der Waals surface area contributed by atoms with Crippen molar-refractivity contribution in [2.24, 2.45) is 0 Å². The number of carbonyl (C=O) groups excluding carboxylic acids is 2. The van der Waals surface area contributed by atoms with Crippen LogP contribution in [0.15, 0.2) is 48.5 Å². The van der Waals surface area contributed by atoms with Crippen LogP contribution in [-0.4, -0.2) is 25.5 Å². The molecule has 2 N–H and O–H groups in total. The second kappa shape index (κ2) is 10.6. The van der Waals surface area contributed by atoms with Gasteiger partial charge in [-0.2, -0.15) is 0 Å². The summed E-state index contributed by atoms with van der Waals surface area (Å²) in [7, 11) is 1.65. The van der Waals surface area contributed by atoms with Crippen molar-refractivity contribution >= 4 is 23.4 Å². The molecule has 0 atom stereocenters. The van der Waals surface area contributed by atoms with E-state index in [1.165, 1.54) is 0 Å². The Kier molecular flexibility index (Phi) is 8.12. The number of rotatable bonds is 9. The summed E-state index contributed by atoms with van der Waals surface area (Å²) in [5.41, 5.74) is 2.65. The fourth-order valence-electron chi connectivity index (χ4n) is 2.46. The minimum atomic E-state index is -0.171. The zero-order valence-electron chi connectivity index (χ0n) is 14.8. The van der Waals surface area contributed by atoms with Crippen molar-refractivity contribution < 1.29 is 14.3 Å². The van der Waals surface area contributed by atoms with Crippen LogP contribution in [0, 0.1) is 0 Å². The van der Waals surface area contributed by atoms with E-state index in [1.54, 1.807) is 31.4 Å². The maximum absolute atomic E-state index is 12.0. The number of halogens is 1. The summed E-state index contributed by atoms with van der Waals surface area (Å²) in [5, 5.41) is 6.29. The quantitative estimate of drug-likeness (QED) is 0.662. The van der Waals surface area contributed by atoms with E-state index in [1.807, 2.05) is 24.3 Å². The highest BCUT2D eigenvalue weighted by molar-refractivity contribution is 6.30. The van der Waals surface area contributed by atoms with Gasteiger partial charge in [-0.15, -0.1) is 0 Å². The van der Waals surface area contributed by atoms with E-state index >= 15 is 0 Å². The van der Waals surface area contributed by atoms with Gasteiger partial charge in [-0.05, 0) is 41.8 Å². The number of amides is 2. The normalized spacial score (nSPS) is 10.4. The number of methoxy groups -OCH3 is 1. The topological polar surface area (TPSA) is 67.4 Å². The molecular weight excluding hydrogens is 352 g/mol. The first kappa shape index (κ1) is 19.9. The van der Waals surface area contributed by atoms with Crippen molar-refractivity contribution in [2.75, 3.05) is 13.7 Å². The third kappa shape index (κ3) is 6.50. The fraction of sp³-hybridized carbons (Fsp3) is 0.300. The molecule has 0 spiro atoms. The molecule has 26 heavy (non-hydrogen) atoms. The molecule has 0 saturated carbocycles. The first-order valence-corrected chi connectivity index (χ1v) is 8.84. The number of carbonyl (C=O) groups is 2. The third-order valence-electron chi connectivity index (χ3n) is 3.87. The van der Waals surface area contributed by atoms with Gasteiger partial charge in [0, 0.05) is 37.2 Å². The summed E-state index contributed by atoms with van der Waals surface area (Å²) in [4.78, 5) is 23.9. The largest absolute Gasteiger partial charge is 0.380 e. The minimum Gasteiger partial charge on any atom is -0.380 e. The molecule has 0 aliphatic carbocycles. The summed E-state index contributed by atoms with van der Waals surface area (Å²) in [6.45, 7) is 1.42. The summed E-state index contributed by atoms with van der Waals surface area (Å²) >= 11 is 5.80. The van der Waals surface area contributed by atoms with Gasteiger partial charge >= 0.3 is 0 Å². The standard InChI is InChI=1S/C20H23ClN2O3/c1-26-14-17-6-3-2-5-16(17)13-23-19(24)7-4-12-22-20(25)15-8-10-18(21)11-9-15/h2-3,5-6,8-11H,4,7,12-14H2,1H3,(H,22,25)(H,23,24). The Morgan fingerprint density at radius 1 is 1.00 bits per heavy atom. The SMILES string of the molecule is COCc1ccccc1CNC(=O)CCCNC(=O)c1ccc(Cl)cc1. The maximum Gasteiger partial charge on any atom is 0.251 e. The van der Waals surface area contributed by atoms with Crippen LogP contribution in [-0.2, 0) is 22.7 Å². The van der Waals surface area contributed by atoms with Gasteiger partial charge in [0.1, 0.15) is 0 Å². The Balaban J connectivity index is 1.68. The molecule has 0 heterocycles. The molecule has 2 aromatic carbocycles. The van der Waals surface area contributed by atoms with Gasteiger partial charge in [-0.3, -0.25) is 9.59 Å². The van der Waals surface area contributed by atoms with Gasteiger partial charge in [0.05, 0.1) is 6.61 Å². The Bertz CT molecular complexity index is 732. The molecular formula is C20H23ClN2O3. The van der Waals surface area contributed by atoms with Crippen molar-refractivity contribution in [2.45, 2.75) is 26.0 Å². The highest BCUT2D eigenvalue weighted by Crippen LogP contribution is 2.10. The zero-order chi connectivity index (χ0) is 18.8. The first-order chi connectivity index (χ1) is 12.6. The fourth-order valence-corrected chi connectivity index (χ4v) is 2.59. The predicted octanol–water partition coefficient (Wildman–Crippen LogP) is 3.31. The van der Waals surface area contributed by atoms with Crippen molar-refractivity contribution in [3.05, 3.63) is 70.2 Å². The lowest BCUT2D eigenvalue weighted by molar-refractivity contribution is -0.121. The van der Waals surface area contributed by atoms with E-state index in [0.29, 0.717) is 43.1 Å². The average Bonchev–Trinajstić information content (AvgIpc) is 2.65. The number of benzene rings is 2. The summed E-state index contributed by atoms with van der Waals surface area (Å²) in [6, 6.07) is 14.5. The smallest absolute Gasteiger partial charge is 0.251 e. The predicted molar refractivity (Wildman–Crippen MR) is 102 cm³/mol. The van der Waals surface area contributed by atoms with E-state index in [0.717, 1.165) is 11.1 Å². The third-order valence-corrected chi connectivity index (χ3v) is 4.12. The summed E-state index contributed by atoms with van der Waals surface area (Å²) in [6.07, 6.45) is 0.929. The maximum atomic E-state index is 12.0. The number of ether oxygens (including phenoxy) is 1. The van der Waals surface area contributed by atoms with Gasteiger partial charge in [-0.1, -0.05) is 35.9 Å². The second-order valence-corrected chi connectivity index (χ2v) is 6.28. The lowest BCUT2D eigenvalue weighted by Gasteiger charge is -2.10. The first-order valence-electron chi connectivity index (χ1n) is 8.46. The van der Waals surface area contributed by atoms with Crippen LogP contribution in [0.3, 0.4) is 0 Å². The molecule has 0 bridgehead atoms. The molecule has 5 nitrogen and oxygen atoms in total. The molecule has 0 radical (unpaired) electrons. The van der Waals surface area contributed by atoms with E-state index in [9.17, 15) is 9.59 Å². The van der Waals surface area contributed by atoms with Crippen LogP contribution in [0.1, 0.15) is 34.3 Å². The van der Waals surface area contributed by atoms with Crippen LogP contribution in [0.4, 0.5) is 0 Å². The van der Waals surface area contributed by atoms with E-state index in [-0.39, 0.29) is 11.8 Å². The van der Waals surface area contributed by atoms with Gasteiger partial charge in [0.25, 0.3) is 5.91 Å². The summed E-state index contributed by atoms with van der Waals surface area (Å²) in [5.74, 6) is -0.214. The molecule has 0 unspecified atom stereocenters. The van der Waals surface area contributed by atoms with Crippen molar-refractivity contribution in [1.29, 1.82) is 0 Å². The molecule has 0 fully saturated rings. The lowest BCUT2D eigenvalue weighted by Crippen LogP contribution is -2.27. The lowest BCUT2D eigenvalue weighted by atomic mass is 10.1. The highest BCUT2D eigenvalue weighted by atomic mass is 35.5. The Morgan fingerprint density at radius 3 is 2.38 bits per heavy atom. The van der Waals surface area contributed by atoms with Crippen LogP contribution in [0.25, 0.3) is 0 Å². The Labute approximate surface area is 158 Å². The van der Waals surface area contributed by atoms with Crippen molar-refractivity contribution in [1.82, 2.24) is 10.6 Å². The Morgan fingerprint density at radius 2 is 1.69 bits per heavy atom. The summed E-state index contributed by atoms with van der Waals surface area (Å²) < 4.78 is 5.16. The molecule has 2 aromatic rings. The van der Waals surface area contributed by atoms with E-state index in [2.05, 4.69) is 10.6 Å². The molecule has 0 aliphatic heterocycles. The number of hydrogen-bond donors (Lipinski definition) is 2. The number of hydrogen-bond acceptors (Lipinski definition) is 3. The zero-order valence-corrected chi connectivity index (χ0v) is 15.5. The molecule has 2 rings (SSSR count). The van der Waals surface area contributed by atoms with Crippen LogP contribution >= 0.6 is 11.6 Å². The van der Waals surface area contributed by atoms with Crippen LogP contribution in [0.2, 0.25) is 5.02 Å². The second-order valence-electron chi connectivity index (χ2n) is 5.84. The molecule has 2 amide bonds. The molecule has 138 valence electrons. The van der Waals surface area contributed by atoms with E-state index < -0.39 is 0 Å². The average molecular weight is 375 g/mol. The van der Waals surface area contributed by atoms with Crippen LogP contribution < -0.4 is 10.6 Å². The van der Waals surface area contributed by atoms with Gasteiger partial charge < -0.3 is 15.4 Å². The van der Waals surface area contributed by atoms with Gasteiger partial charge in [0.15, 0.2) is 0 Å².